The molecule has 2 aromatic heterocycles. The molecule has 0 radical (unpaired) electrons. The van der Waals surface area contributed by atoms with E-state index in [0.717, 1.165) is 72.0 Å². The van der Waals surface area contributed by atoms with Crippen molar-refractivity contribution in [2.75, 3.05) is 0 Å². The van der Waals surface area contributed by atoms with Gasteiger partial charge in [0.1, 0.15) is 11.2 Å². The van der Waals surface area contributed by atoms with E-state index >= 15 is 0 Å². The van der Waals surface area contributed by atoms with E-state index < -0.39 is 0 Å². The second kappa shape index (κ2) is 17.2. The van der Waals surface area contributed by atoms with Crippen LogP contribution in [-0.4, -0.2) is 15.0 Å². The Bertz CT molecular complexity index is 3700. The summed E-state index contributed by atoms with van der Waals surface area (Å²) in [5.74, 6) is 1.75. The number of fused-ring (bicyclic) bond motifs is 3. The van der Waals surface area contributed by atoms with E-state index in [2.05, 4.69) is 218 Å². The first-order chi connectivity index (χ1) is 33.2. The molecule has 0 atom stereocenters. The zero-order valence-corrected chi connectivity index (χ0v) is 36.4. The van der Waals surface area contributed by atoms with Gasteiger partial charge in [-0.15, -0.1) is 0 Å². The minimum absolute atomic E-state index is 0.572. The molecule has 67 heavy (non-hydrogen) atoms. The molecule has 314 valence electrons. The van der Waals surface area contributed by atoms with Crippen molar-refractivity contribution in [3.63, 3.8) is 0 Å². The average molecular weight is 856 g/mol. The Morgan fingerprint density at radius 2 is 0.597 bits per heavy atom. The molecule has 0 aliphatic rings. The molecule has 0 unspecified atom stereocenters. The van der Waals surface area contributed by atoms with Gasteiger partial charge in [-0.1, -0.05) is 231 Å². The highest BCUT2D eigenvalue weighted by Crippen LogP contribution is 2.41. The molecule has 12 aromatic rings. The van der Waals surface area contributed by atoms with Crippen LogP contribution in [0.1, 0.15) is 0 Å². The molecule has 0 saturated heterocycles. The van der Waals surface area contributed by atoms with E-state index in [4.69, 9.17) is 19.4 Å². The maximum absolute atomic E-state index is 6.77. The van der Waals surface area contributed by atoms with Crippen LogP contribution in [0.5, 0.6) is 0 Å². The van der Waals surface area contributed by atoms with Gasteiger partial charge in [0, 0.05) is 33.0 Å². The van der Waals surface area contributed by atoms with Gasteiger partial charge in [-0.3, -0.25) is 0 Å². The number of para-hydroxylation sites is 1. The molecule has 0 fully saturated rings. The monoisotopic (exact) mass is 855 g/mol. The Labute approximate surface area is 389 Å². The Balaban J connectivity index is 0.965. The van der Waals surface area contributed by atoms with Crippen LogP contribution >= 0.6 is 0 Å². The number of hydrogen-bond acceptors (Lipinski definition) is 4. The molecule has 0 spiro atoms. The lowest BCUT2D eigenvalue weighted by Crippen LogP contribution is -2.00. The molecule has 0 N–H and O–H groups in total. The molecule has 0 aliphatic carbocycles. The topological polar surface area (TPSA) is 51.8 Å². The number of nitrogens with zero attached hydrogens (tertiary/aromatic N) is 3. The number of benzene rings is 10. The van der Waals surface area contributed by atoms with Gasteiger partial charge >= 0.3 is 0 Å². The number of aromatic nitrogens is 3. The van der Waals surface area contributed by atoms with Crippen LogP contribution in [0, 0.1) is 0 Å². The van der Waals surface area contributed by atoms with Crippen molar-refractivity contribution in [1.29, 1.82) is 0 Å². The van der Waals surface area contributed by atoms with Crippen molar-refractivity contribution in [2.45, 2.75) is 0 Å². The molecule has 2 heterocycles. The van der Waals surface area contributed by atoms with Gasteiger partial charge in [-0.05, 0) is 79.4 Å². The molecule has 0 aliphatic heterocycles. The highest BCUT2D eigenvalue weighted by atomic mass is 16.3. The first kappa shape index (κ1) is 39.6. The van der Waals surface area contributed by atoms with Gasteiger partial charge in [0.05, 0.1) is 0 Å². The zero-order chi connectivity index (χ0) is 44.5. The Morgan fingerprint density at radius 1 is 0.239 bits per heavy atom. The fraction of sp³-hybridized carbons (Fsp3) is 0. The predicted octanol–water partition coefficient (Wildman–Crippen LogP) is 16.8. The van der Waals surface area contributed by atoms with Crippen LogP contribution in [-0.2, 0) is 0 Å². The lowest BCUT2D eigenvalue weighted by atomic mass is 9.98. The molecular formula is C63H41N3O. The third kappa shape index (κ3) is 7.77. The fourth-order valence-electron chi connectivity index (χ4n) is 9.13. The van der Waals surface area contributed by atoms with Gasteiger partial charge in [0.15, 0.2) is 17.5 Å². The van der Waals surface area contributed by atoms with E-state index in [-0.39, 0.29) is 0 Å². The summed E-state index contributed by atoms with van der Waals surface area (Å²) in [4.78, 5) is 15.8. The molecule has 0 bridgehead atoms. The molecule has 0 amide bonds. The predicted molar refractivity (Wildman–Crippen MR) is 276 cm³/mol. The minimum Gasteiger partial charge on any atom is -0.455 e. The second-order valence-electron chi connectivity index (χ2n) is 16.8. The molecule has 10 aromatic carbocycles. The van der Waals surface area contributed by atoms with Crippen LogP contribution in [0.2, 0.25) is 0 Å². The smallest absolute Gasteiger partial charge is 0.164 e. The molecule has 0 saturated carbocycles. The van der Waals surface area contributed by atoms with Gasteiger partial charge in [-0.2, -0.15) is 0 Å². The van der Waals surface area contributed by atoms with Crippen molar-refractivity contribution in [3.05, 3.63) is 249 Å². The van der Waals surface area contributed by atoms with Crippen LogP contribution < -0.4 is 0 Å². The summed E-state index contributed by atoms with van der Waals surface area (Å²) in [5.41, 5.74) is 17.9. The summed E-state index contributed by atoms with van der Waals surface area (Å²) < 4.78 is 6.77. The average Bonchev–Trinajstić information content (AvgIpc) is 3.81. The van der Waals surface area contributed by atoms with Gasteiger partial charge in [0.2, 0.25) is 0 Å². The minimum atomic E-state index is 0.572. The van der Waals surface area contributed by atoms with Crippen LogP contribution in [0.3, 0.4) is 0 Å². The summed E-state index contributed by atoms with van der Waals surface area (Å²) in [6.07, 6.45) is 0. The van der Waals surface area contributed by atoms with Gasteiger partial charge in [-0.25, -0.2) is 15.0 Å². The Morgan fingerprint density at radius 3 is 1.15 bits per heavy atom. The lowest BCUT2D eigenvalue weighted by Gasteiger charge is -2.11. The Hall–Kier alpha value is -8.99. The summed E-state index contributed by atoms with van der Waals surface area (Å²) in [7, 11) is 0. The largest absolute Gasteiger partial charge is 0.455 e. The lowest BCUT2D eigenvalue weighted by molar-refractivity contribution is 0.670. The summed E-state index contributed by atoms with van der Waals surface area (Å²) in [5, 5.41) is 1.96. The van der Waals surface area contributed by atoms with Crippen LogP contribution in [0.15, 0.2) is 253 Å². The number of furan rings is 1. The van der Waals surface area contributed by atoms with Crippen molar-refractivity contribution >= 4 is 21.9 Å². The summed E-state index contributed by atoms with van der Waals surface area (Å²) >= 11 is 0. The first-order valence-corrected chi connectivity index (χ1v) is 22.6. The van der Waals surface area contributed by atoms with E-state index in [1.807, 2.05) is 30.3 Å². The van der Waals surface area contributed by atoms with E-state index in [9.17, 15) is 0 Å². The number of hydrogen-bond donors (Lipinski definition) is 0. The van der Waals surface area contributed by atoms with Crippen molar-refractivity contribution in [1.82, 2.24) is 15.0 Å². The third-order valence-corrected chi connectivity index (χ3v) is 12.6. The summed E-state index contributed by atoms with van der Waals surface area (Å²) in [6.45, 7) is 0. The standard InChI is InChI=1S/C63H41N3O/c1-4-14-42(15-5-1)45-28-30-47(31-29-45)53-22-11-23-54(41-53)62-64-61(50-38-34-48(35-39-50)52-21-10-20-51(40-52)44-18-8-3-9-19-44)65-63(66-62)57-26-13-27-58-59(57)56-25-12-24-55(60(56)67-58)49-36-32-46(33-37-49)43-16-6-2-7-17-43/h1-41H. The highest BCUT2D eigenvalue weighted by molar-refractivity contribution is 6.15. The van der Waals surface area contributed by atoms with Crippen molar-refractivity contribution in [2.24, 2.45) is 0 Å². The van der Waals surface area contributed by atoms with Crippen LogP contribution in [0.4, 0.5) is 0 Å². The SMILES string of the molecule is c1ccc(-c2ccc(-c3cccc(-c4nc(-c5ccc(-c6cccc(-c7ccccc7)c6)cc5)nc(-c5cccc6oc7c(-c8ccc(-c9ccccc9)cc8)cccc7c56)n4)c3)cc2)cc1. The molecule has 4 nitrogen and oxygen atoms in total. The van der Waals surface area contributed by atoms with Gasteiger partial charge in [0.25, 0.3) is 0 Å². The Kier molecular flexibility index (Phi) is 10.2. The van der Waals surface area contributed by atoms with E-state index in [1.54, 1.807) is 0 Å². The maximum Gasteiger partial charge on any atom is 0.164 e. The highest BCUT2D eigenvalue weighted by Gasteiger charge is 2.20. The van der Waals surface area contributed by atoms with Crippen molar-refractivity contribution in [3.8, 4) is 101 Å². The van der Waals surface area contributed by atoms with E-state index in [0.29, 0.717) is 17.5 Å². The summed E-state index contributed by atoms with van der Waals surface area (Å²) in [6, 6.07) is 87.0. The second-order valence-corrected chi connectivity index (χ2v) is 16.8. The number of rotatable bonds is 9. The quantitative estimate of drug-likeness (QED) is 0.145. The maximum atomic E-state index is 6.77. The third-order valence-electron chi connectivity index (χ3n) is 12.6. The zero-order valence-electron chi connectivity index (χ0n) is 36.4. The molecule has 12 rings (SSSR count). The fourth-order valence-corrected chi connectivity index (χ4v) is 9.13. The van der Waals surface area contributed by atoms with Crippen LogP contribution in [0.25, 0.3) is 123 Å². The van der Waals surface area contributed by atoms with Gasteiger partial charge < -0.3 is 4.42 Å². The van der Waals surface area contributed by atoms with E-state index in [1.165, 1.54) is 33.4 Å². The molecule has 4 heteroatoms. The van der Waals surface area contributed by atoms with Crippen molar-refractivity contribution < 1.29 is 4.42 Å². The first-order valence-electron chi connectivity index (χ1n) is 22.6. The molecular weight excluding hydrogens is 815 g/mol. The normalized spacial score (nSPS) is 11.3.